The third-order valence-corrected chi connectivity index (χ3v) is 7.83. The normalized spacial score (nSPS) is 28.5. The van der Waals surface area contributed by atoms with Crippen molar-refractivity contribution in [2.45, 2.75) is 63.0 Å². The number of aliphatic hydroxyl groups excluding tert-OH is 1. The summed E-state index contributed by atoms with van der Waals surface area (Å²) in [5, 5.41) is 10.6. The van der Waals surface area contributed by atoms with Crippen LogP contribution in [-0.4, -0.2) is 65.0 Å². The molecule has 1 saturated heterocycles. The van der Waals surface area contributed by atoms with Gasteiger partial charge in [0.15, 0.2) is 0 Å². The summed E-state index contributed by atoms with van der Waals surface area (Å²) in [6.07, 6.45) is 9.45. The number of fused-ring (bicyclic) bond motifs is 3. The van der Waals surface area contributed by atoms with Gasteiger partial charge in [0.2, 0.25) is 5.88 Å². The standard InChI is InChI=1S/C21H29N3O3S/c25-10-7-14-1-6-17-18(14)19-20(22-13-23-21(19)28-17)27-16-4-2-15(3-5-16)24-8-11-26-12-9-24/h13-16,25H,1-12H2. The molecule has 28 heavy (non-hydrogen) atoms. The van der Waals surface area contributed by atoms with E-state index < -0.39 is 0 Å². The van der Waals surface area contributed by atoms with Crippen LogP contribution in [0.4, 0.5) is 0 Å². The smallest absolute Gasteiger partial charge is 0.225 e. The van der Waals surface area contributed by atoms with E-state index in [1.165, 1.54) is 23.3 Å². The van der Waals surface area contributed by atoms with Gasteiger partial charge in [-0.05, 0) is 56.4 Å². The zero-order chi connectivity index (χ0) is 18.9. The molecule has 3 aliphatic rings. The second-order valence-corrected chi connectivity index (χ2v) is 9.33. The fraction of sp³-hybridized carbons (Fsp3) is 0.714. The van der Waals surface area contributed by atoms with Crippen molar-refractivity contribution < 1.29 is 14.6 Å². The van der Waals surface area contributed by atoms with Crippen molar-refractivity contribution in [3.8, 4) is 5.88 Å². The lowest BCUT2D eigenvalue weighted by atomic mass is 9.91. The van der Waals surface area contributed by atoms with Crippen molar-refractivity contribution in [2.24, 2.45) is 0 Å². The monoisotopic (exact) mass is 403 g/mol. The van der Waals surface area contributed by atoms with Crippen LogP contribution in [0.5, 0.6) is 5.88 Å². The van der Waals surface area contributed by atoms with E-state index in [1.807, 2.05) is 0 Å². The van der Waals surface area contributed by atoms with Gasteiger partial charge in [-0.15, -0.1) is 11.3 Å². The minimum absolute atomic E-state index is 0.233. The summed E-state index contributed by atoms with van der Waals surface area (Å²) >= 11 is 1.78. The van der Waals surface area contributed by atoms with Crippen molar-refractivity contribution in [1.82, 2.24) is 14.9 Å². The number of hydrogen-bond donors (Lipinski definition) is 1. The van der Waals surface area contributed by atoms with Crippen LogP contribution in [0.25, 0.3) is 10.2 Å². The van der Waals surface area contributed by atoms with E-state index in [9.17, 15) is 5.11 Å². The molecule has 5 rings (SSSR count). The highest BCUT2D eigenvalue weighted by Crippen LogP contribution is 2.47. The first-order valence-corrected chi connectivity index (χ1v) is 11.5. The molecule has 1 unspecified atom stereocenters. The molecule has 2 aliphatic carbocycles. The number of nitrogens with zero attached hydrogens (tertiary/aromatic N) is 3. The van der Waals surface area contributed by atoms with Gasteiger partial charge in [0.1, 0.15) is 17.3 Å². The SMILES string of the molecule is OCCC1CCc2sc3ncnc(OC4CCC(N5CCOCC5)CC4)c3c21. The van der Waals surface area contributed by atoms with Crippen LogP contribution in [0.1, 0.15) is 54.9 Å². The molecule has 0 aromatic carbocycles. The van der Waals surface area contributed by atoms with Gasteiger partial charge in [0, 0.05) is 30.6 Å². The summed E-state index contributed by atoms with van der Waals surface area (Å²) in [6, 6.07) is 0.675. The van der Waals surface area contributed by atoms with Crippen LogP contribution in [0, 0.1) is 0 Å². The van der Waals surface area contributed by atoms with E-state index >= 15 is 0 Å². The Labute approximate surface area is 169 Å². The number of aryl methyl sites for hydroxylation is 1. The Hall–Kier alpha value is -1.28. The molecule has 2 aromatic rings. The summed E-state index contributed by atoms with van der Waals surface area (Å²) in [4.78, 5) is 14.1. The fourth-order valence-corrected chi connectivity index (χ4v) is 6.43. The molecule has 2 aromatic heterocycles. The summed E-state index contributed by atoms with van der Waals surface area (Å²) in [6.45, 7) is 4.10. The predicted octanol–water partition coefficient (Wildman–Crippen LogP) is 3.13. The van der Waals surface area contributed by atoms with Gasteiger partial charge in [-0.2, -0.15) is 0 Å². The Morgan fingerprint density at radius 3 is 2.75 bits per heavy atom. The number of ether oxygens (including phenoxy) is 2. The molecule has 1 N–H and O–H groups in total. The van der Waals surface area contributed by atoms with Gasteiger partial charge < -0.3 is 14.6 Å². The van der Waals surface area contributed by atoms with Crippen LogP contribution in [0.15, 0.2) is 6.33 Å². The van der Waals surface area contributed by atoms with E-state index in [-0.39, 0.29) is 12.7 Å². The molecular formula is C21H29N3O3S. The van der Waals surface area contributed by atoms with E-state index in [4.69, 9.17) is 9.47 Å². The lowest BCUT2D eigenvalue weighted by Gasteiger charge is -2.38. The summed E-state index contributed by atoms with van der Waals surface area (Å²) < 4.78 is 12.0. The first-order chi connectivity index (χ1) is 13.8. The van der Waals surface area contributed by atoms with Crippen LogP contribution in [0.2, 0.25) is 0 Å². The Morgan fingerprint density at radius 1 is 1.14 bits per heavy atom. The summed E-state index contributed by atoms with van der Waals surface area (Å²) in [7, 11) is 0. The quantitative estimate of drug-likeness (QED) is 0.827. The topological polar surface area (TPSA) is 67.7 Å². The maximum Gasteiger partial charge on any atom is 0.225 e. The highest BCUT2D eigenvalue weighted by Gasteiger charge is 2.32. The number of aromatic nitrogens is 2. The maximum atomic E-state index is 9.45. The molecule has 7 heteroatoms. The zero-order valence-corrected chi connectivity index (χ0v) is 17.1. The van der Waals surface area contributed by atoms with Crippen molar-refractivity contribution >= 4 is 21.6 Å². The summed E-state index contributed by atoms with van der Waals surface area (Å²) in [5.74, 6) is 1.18. The highest BCUT2D eigenvalue weighted by atomic mass is 32.1. The van der Waals surface area contributed by atoms with E-state index in [0.29, 0.717) is 12.0 Å². The van der Waals surface area contributed by atoms with Gasteiger partial charge in [-0.3, -0.25) is 4.90 Å². The Balaban J connectivity index is 1.31. The Bertz CT molecular complexity index is 813. The van der Waals surface area contributed by atoms with E-state index in [2.05, 4.69) is 14.9 Å². The number of morpholine rings is 1. The van der Waals surface area contributed by atoms with Gasteiger partial charge >= 0.3 is 0 Å². The molecule has 152 valence electrons. The Morgan fingerprint density at radius 2 is 1.96 bits per heavy atom. The molecule has 1 saturated carbocycles. The molecule has 2 fully saturated rings. The van der Waals surface area contributed by atoms with Crippen molar-refractivity contribution in [1.29, 1.82) is 0 Å². The Kier molecular flexibility index (Phi) is 5.50. The first-order valence-electron chi connectivity index (χ1n) is 10.7. The van der Waals surface area contributed by atoms with Gasteiger partial charge in [-0.1, -0.05) is 0 Å². The average Bonchev–Trinajstić information content (AvgIpc) is 3.30. The maximum absolute atomic E-state index is 9.45. The second kappa shape index (κ2) is 8.22. The molecule has 0 spiro atoms. The van der Waals surface area contributed by atoms with Crippen molar-refractivity contribution in [3.05, 3.63) is 16.8 Å². The van der Waals surface area contributed by atoms with Crippen molar-refractivity contribution in [2.75, 3.05) is 32.9 Å². The van der Waals surface area contributed by atoms with Crippen LogP contribution in [0.3, 0.4) is 0 Å². The molecule has 0 amide bonds. The second-order valence-electron chi connectivity index (χ2n) is 8.24. The van der Waals surface area contributed by atoms with Crippen molar-refractivity contribution in [3.63, 3.8) is 0 Å². The fourth-order valence-electron chi connectivity index (χ4n) is 5.20. The largest absolute Gasteiger partial charge is 0.474 e. The van der Waals surface area contributed by atoms with Crippen LogP contribution >= 0.6 is 11.3 Å². The number of aliphatic hydroxyl groups is 1. The lowest BCUT2D eigenvalue weighted by Crippen LogP contribution is -2.46. The van der Waals surface area contributed by atoms with Crippen LogP contribution in [-0.2, 0) is 11.2 Å². The third-order valence-electron chi connectivity index (χ3n) is 6.66. The molecular weight excluding hydrogens is 374 g/mol. The molecule has 1 aliphatic heterocycles. The average molecular weight is 404 g/mol. The first kappa shape index (κ1) is 18.7. The van der Waals surface area contributed by atoms with Crippen LogP contribution < -0.4 is 4.74 Å². The van der Waals surface area contributed by atoms with E-state index in [0.717, 1.165) is 74.5 Å². The van der Waals surface area contributed by atoms with Gasteiger partial charge in [0.05, 0.1) is 18.6 Å². The highest BCUT2D eigenvalue weighted by molar-refractivity contribution is 7.19. The number of thiophene rings is 1. The third kappa shape index (κ3) is 3.54. The number of rotatable bonds is 5. The predicted molar refractivity (Wildman–Crippen MR) is 109 cm³/mol. The lowest BCUT2D eigenvalue weighted by molar-refractivity contribution is -0.00126. The van der Waals surface area contributed by atoms with Gasteiger partial charge in [0.25, 0.3) is 0 Å². The zero-order valence-electron chi connectivity index (χ0n) is 16.3. The molecule has 0 radical (unpaired) electrons. The molecule has 0 bridgehead atoms. The molecule has 1 atom stereocenters. The van der Waals surface area contributed by atoms with E-state index in [1.54, 1.807) is 17.7 Å². The minimum atomic E-state index is 0.233. The molecule has 6 nitrogen and oxygen atoms in total. The van der Waals surface area contributed by atoms with Gasteiger partial charge in [-0.25, -0.2) is 9.97 Å². The molecule has 3 heterocycles. The number of hydrogen-bond acceptors (Lipinski definition) is 7. The minimum Gasteiger partial charge on any atom is -0.474 e. The summed E-state index contributed by atoms with van der Waals surface area (Å²) in [5.41, 5.74) is 1.35.